The van der Waals surface area contributed by atoms with E-state index in [0.29, 0.717) is 18.7 Å². The number of rotatable bonds is 2. The number of pyridine rings is 1. The summed E-state index contributed by atoms with van der Waals surface area (Å²) >= 11 is 0. The Balaban J connectivity index is 1.57. The molecule has 0 aliphatic carbocycles. The Hall–Kier alpha value is -2.76. The number of amides is 1. The molecule has 4 rings (SSSR count). The van der Waals surface area contributed by atoms with Crippen molar-refractivity contribution in [2.75, 3.05) is 13.1 Å². The third kappa shape index (κ3) is 2.64. The van der Waals surface area contributed by atoms with Crippen molar-refractivity contribution in [3.05, 3.63) is 65.9 Å². The minimum absolute atomic E-state index is 0.0616. The standard InChI is InChI=1S/C18H17FN4O/c19-15-8-6-13(7-9-15)18(24)22-10-3-4-14(12-22)17-21-20-16-5-1-2-11-23(16)17/h1-2,5-9,11,14H,3-4,10,12H2. The number of hydrogen-bond donors (Lipinski definition) is 0. The highest BCUT2D eigenvalue weighted by Gasteiger charge is 2.28. The van der Waals surface area contributed by atoms with Gasteiger partial charge in [0.15, 0.2) is 5.65 Å². The van der Waals surface area contributed by atoms with Crippen molar-refractivity contribution in [1.82, 2.24) is 19.5 Å². The minimum Gasteiger partial charge on any atom is -0.338 e. The molecular weight excluding hydrogens is 307 g/mol. The number of carbonyl (C=O) groups is 1. The highest BCUT2D eigenvalue weighted by Crippen LogP contribution is 2.27. The van der Waals surface area contributed by atoms with Crippen LogP contribution < -0.4 is 0 Å². The van der Waals surface area contributed by atoms with Crippen LogP contribution in [0.15, 0.2) is 48.7 Å². The fourth-order valence-corrected chi connectivity index (χ4v) is 3.29. The molecule has 1 aliphatic heterocycles. The van der Waals surface area contributed by atoms with E-state index in [1.807, 2.05) is 33.7 Å². The molecule has 0 radical (unpaired) electrons. The number of fused-ring (bicyclic) bond motifs is 1. The van der Waals surface area contributed by atoms with Crippen molar-refractivity contribution in [3.8, 4) is 0 Å². The first-order valence-corrected chi connectivity index (χ1v) is 8.07. The van der Waals surface area contributed by atoms with Crippen LogP contribution in [-0.2, 0) is 0 Å². The Morgan fingerprint density at radius 3 is 2.79 bits per heavy atom. The van der Waals surface area contributed by atoms with Gasteiger partial charge < -0.3 is 4.90 Å². The lowest BCUT2D eigenvalue weighted by molar-refractivity contribution is 0.0704. The van der Waals surface area contributed by atoms with E-state index < -0.39 is 0 Å². The molecule has 0 N–H and O–H groups in total. The summed E-state index contributed by atoms with van der Waals surface area (Å²) in [6.07, 6.45) is 3.84. The first-order chi connectivity index (χ1) is 11.7. The lowest BCUT2D eigenvalue weighted by Gasteiger charge is -2.32. The number of nitrogens with zero attached hydrogens (tertiary/aromatic N) is 4. The smallest absolute Gasteiger partial charge is 0.253 e. The molecule has 5 nitrogen and oxygen atoms in total. The van der Waals surface area contributed by atoms with Crippen molar-refractivity contribution in [1.29, 1.82) is 0 Å². The van der Waals surface area contributed by atoms with Crippen LogP contribution >= 0.6 is 0 Å². The summed E-state index contributed by atoms with van der Waals surface area (Å²) in [4.78, 5) is 14.5. The number of likely N-dealkylation sites (tertiary alicyclic amines) is 1. The van der Waals surface area contributed by atoms with Gasteiger partial charge in [-0.2, -0.15) is 0 Å². The maximum Gasteiger partial charge on any atom is 0.253 e. The molecule has 0 spiro atoms. The zero-order chi connectivity index (χ0) is 16.5. The lowest BCUT2D eigenvalue weighted by atomic mass is 9.96. The zero-order valence-corrected chi connectivity index (χ0v) is 13.1. The number of benzene rings is 1. The Morgan fingerprint density at radius 1 is 1.12 bits per heavy atom. The highest BCUT2D eigenvalue weighted by molar-refractivity contribution is 5.94. The van der Waals surface area contributed by atoms with Gasteiger partial charge in [-0.05, 0) is 49.2 Å². The summed E-state index contributed by atoms with van der Waals surface area (Å²) in [5.74, 6) is 0.647. The molecule has 1 amide bonds. The SMILES string of the molecule is O=C(c1ccc(F)cc1)N1CCCC(c2nnc3ccccn23)C1. The third-order valence-corrected chi connectivity index (χ3v) is 4.51. The van der Waals surface area contributed by atoms with Crippen LogP contribution in [0.4, 0.5) is 4.39 Å². The summed E-state index contributed by atoms with van der Waals surface area (Å²) in [6, 6.07) is 11.5. The molecule has 1 saturated heterocycles. The Kier molecular flexibility index (Phi) is 3.72. The van der Waals surface area contributed by atoms with Gasteiger partial charge in [0, 0.05) is 30.8 Å². The molecule has 3 heterocycles. The van der Waals surface area contributed by atoms with Crippen molar-refractivity contribution in [2.45, 2.75) is 18.8 Å². The molecular formula is C18H17FN4O. The summed E-state index contributed by atoms with van der Waals surface area (Å²) in [5, 5.41) is 8.52. The second-order valence-electron chi connectivity index (χ2n) is 6.08. The zero-order valence-electron chi connectivity index (χ0n) is 13.1. The van der Waals surface area contributed by atoms with Crippen LogP contribution in [0.2, 0.25) is 0 Å². The van der Waals surface area contributed by atoms with E-state index in [1.54, 1.807) is 0 Å². The average molecular weight is 324 g/mol. The van der Waals surface area contributed by atoms with Crippen LogP contribution in [0.25, 0.3) is 5.65 Å². The van der Waals surface area contributed by atoms with Crippen molar-refractivity contribution in [3.63, 3.8) is 0 Å². The van der Waals surface area contributed by atoms with Gasteiger partial charge in [0.05, 0.1) is 0 Å². The second-order valence-corrected chi connectivity index (χ2v) is 6.08. The van der Waals surface area contributed by atoms with E-state index in [9.17, 15) is 9.18 Å². The fourth-order valence-electron chi connectivity index (χ4n) is 3.29. The predicted octanol–water partition coefficient (Wildman–Crippen LogP) is 2.89. The Morgan fingerprint density at radius 2 is 1.96 bits per heavy atom. The second kappa shape index (κ2) is 6.03. The van der Waals surface area contributed by atoms with Crippen molar-refractivity contribution >= 4 is 11.6 Å². The normalized spacial score (nSPS) is 18.0. The molecule has 1 atom stereocenters. The minimum atomic E-state index is -0.335. The van der Waals surface area contributed by atoms with Gasteiger partial charge in [-0.1, -0.05) is 6.07 Å². The van der Waals surface area contributed by atoms with Crippen LogP contribution in [0.5, 0.6) is 0 Å². The molecule has 6 heteroatoms. The van der Waals surface area contributed by atoms with Gasteiger partial charge in [0.1, 0.15) is 11.6 Å². The van der Waals surface area contributed by atoms with Gasteiger partial charge in [0.25, 0.3) is 5.91 Å². The summed E-state index contributed by atoms with van der Waals surface area (Å²) in [6.45, 7) is 1.31. The first-order valence-electron chi connectivity index (χ1n) is 8.07. The molecule has 1 unspecified atom stereocenters. The summed E-state index contributed by atoms with van der Waals surface area (Å²) < 4.78 is 15.0. The maximum absolute atomic E-state index is 13.0. The number of piperidine rings is 1. The molecule has 2 aromatic heterocycles. The van der Waals surface area contributed by atoms with E-state index >= 15 is 0 Å². The summed E-state index contributed by atoms with van der Waals surface area (Å²) in [5.41, 5.74) is 1.33. The van der Waals surface area contributed by atoms with Gasteiger partial charge in [-0.3, -0.25) is 9.20 Å². The Labute approximate surface area is 138 Å². The van der Waals surface area contributed by atoms with E-state index in [1.165, 1.54) is 24.3 Å². The van der Waals surface area contributed by atoms with Gasteiger partial charge >= 0.3 is 0 Å². The average Bonchev–Trinajstić information content (AvgIpc) is 3.06. The van der Waals surface area contributed by atoms with Crippen LogP contribution in [0.3, 0.4) is 0 Å². The number of halogens is 1. The fraction of sp³-hybridized carbons (Fsp3) is 0.278. The third-order valence-electron chi connectivity index (χ3n) is 4.51. The van der Waals surface area contributed by atoms with E-state index in [0.717, 1.165) is 24.3 Å². The van der Waals surface area contributed by atoms with E-state index in [4.69, 9.17) is 0 Å². The van der Waals surface area contributed by atoms with Gasteiger partial charge in [-0.15, -0.1) is 10.2 Å². The largest absolute Gasteiger partial charge is 0.338 e. The molecule has 0 bridgehead atoms. The molecule has 1 aromatic carbocycles. The van der Waals surface area contributed by atoms with Gasteiger partial charge in [-0.25, -0.2) is 4.39 Å². The number of aromatic nitrogens is 3. The summed E-state index contributed by atoms with van der Waals surface area (Å²) in [7, 11) is 0. The molecule has 24 heavy (non-hydrogen) atoms. The lowest BCUT2D eigenvalue weighted by Crippen LogP contribution is -2.39. The first kappa shape index (κ1) is 14.8. The topological polar surface area (TPSA) is 50.5 Å². The number of carbonyl (C=O) groups excluding carboxylic acids is 1. The molecule has 3 aromatic rings. The Bertz CT molecular complexity index is 874. The van der Waals surface area contributed by atoms with Crippen molar-refractivity contribution < 1.29 is 9.18 Å². The maximum atomic E-state index is 13.0. The monoisotopic (exact) mass is 324 g/mol. The molecule has 0 saturated carbocycles. The van der Waals surface area contributed by atoms with Crippen molar-refractivity contribution in [2.24, 2.45) is 0 Å². The highest BCUT2D eigenvalue weighted by atomic mass is 19.1. The van der Waals surface area contributed by atoms with Crippen LogP contribution in [0.1, 0.15) is 34.9 Å². The van der Waals surface area contributed by atoms with E-state index in [-0.39, 0.29) is 17.6 Å². The quantitative estimate of drug-likeness (QED) is 0.728. The molecule has 122 valence electrons. The van der Waals surface area contributed by atoms with Crippen LogP contribution in [-0.4, -0.2) is 38.5 Å². The molecule has 1 aliphatic rings. The van der Waals surface area contributed by atoms with Crippen LogP contribution in [0, 0.1) is 5.82 Å². The number of hydrogen-bond acceptors (Lipinski definition) is 3. The van der Waals surface area contributed by atoms with Gasteiger partial charge in [0.2, 0.25) is 0 Å². The van der Waals surface area contributed by atoms with E-state index in [2.05, 4.69) is 10.2 Å². The molecule has 1 fully saturated rings. The predicted molar refractivity (Wildman–Crippen MR) is 87.3 cm³/mol.